The molecule has 0 aliphatic carbocycles. The lowest BCUT2D eigenvalue weighted by Crippen LogP contribution is -2.39. The van der Waals surface area contributed by atoms with Crippen molar-refractivity contribution < 1.29 is 4.79 Å². The number of piperidine rings is 1. The number of guanidine groups is 1. The monoisotopic (exact) mass is 353 g/mol. The van der Waals surface area contributed by atoms with Crippen LogP contribution in [-0.4, -0.2) is 49.5 Å². The van der Waals surface area contributed by atoms with Gasteiger partial charge in [-0.1, -0.05) is 39.0 Å². The van der Waals surface area contributed by atoms with E-state index in [0.717, 1.165) is 64.8 Å². The smallest absolute Gasteiger partial charge is 0.220 e. The number of nitrogens with two attached hydrogens (primary N) is 2. The summed E-state index contributed by atoms with van der Waals surface area (Å²) in [5.74, 6) is 0.524. The van der Waals surface area contributed by atoms with E-state index < -0.39 is 0 Å². The standard InChI is InChI=1S/C19H39N5O/c1-2-3-4-5-6-7-12-22-19(21)23-13-8-9-14-24-15-10-17(11-16-24)18(20)25/h17H,2-16H2,1H3,(H2,20,25)(H3,21,22,23). The quantitative estimate of drug-likeness (QED) is 0.269. The van der Waals surface area contributed by atoms with Gasteiger partial charge in [-0.25, -0.2) is 0 Å². The first-order valence-electron chi connectivity index (χ1n) is 10.2. The molecule has 1 fully saturated rings. The maximum atomic E-state index is 11.1. The molecule has 0 atom stereocenters. The average molecular weight is 354 g/mol. The second kappa shape index (κ2) is 13.9. The third-order valence-corrected chi connectivity index (χ3v) is 4.99. The van der Waals surface area contributed by atoms with E-state index in [0.29, 0.717) is 5.96 Å². The molecule has 0 bridgehead atoms. The average Bonchev–Trinajstić information content (AvgIpc) is 2.61. The van der Waals surface area contributed by atoms with E-state index in [1.54, 1.807) is 0 Å². The highest BCUT2D eigenvalue weighted by Gasteiger charge is 2.22. The minimum absolute atomic E-state index is 0.0839. The van der Waals surface area contributed by atoms with Gasteiger partial charge in [-0.15, -0.1) is 0 Å². The van der Waals surface area contributed by atoms with Crippen LogP contribution >= 0.6 is 0 Å². The molecule has 0 unspecified atom stereocenters. The summed E-state index contributed by atoms with van der Waals surface area (Å²) in [6.07, 6.45) is 11.7. The number of amides is 1. The number of nitrogens with one attached hydrogen (secondary N) is 1. The number of hydrogen-bond acceptors (Lipinski definition) is 3. The fourth-order valence-electron chi connectivity index (χ4n) is 3.27. The molecular weight excluding hydrogens is 314 g/mol. The minimum atomic E-state index is -0.139. The number of hydrogen-bond donors (Lipinski definition) is 3. The van der Waals surface area contributed by atoms with E-state index in [-0.39, 0.29) is 11.8 Å². The molecule has 1 heterocycles. The summed E-state index contributed by atoms with van der Waals surface area (Å²) in [6.45, 7) is 7.01. The van der Waals surface area contributed by atoms with Crippen LogP contribution in [0.4, 0.5) is 0 Å². The third kappa shape index (κ3) is 11.0. The first-order valence-corrected chi connectivity index (χ1v) is 10.2. The number of rotatable bonds is 13. The molecule has 6 heteroatoms. The number of unbranched alkanes of at least 4 members (excludes halogenated alkanes) is 6. The number of aliphatic imine (C=N–C) groups is 1. The molecular formula is C19H39N5O. The zero-order valence-corrected chi connectivity index (χ0v) is 16.1. The van der Waals surface area contributed by atoms with Crippen molar-refractivity contribution in [2.24, 2.45) is 22.4 Å². The van der Waals surface area contributed by atoms with Gasteiger partial charge in [0.25, 0.3) is 0 Å². The lowest BCUT2D eigenvalue weighted by atomic mass is 9.96. The van der Waals surface area contributed by atoms with Gasteiger partial charge < -0.3 is 21.7 Å². The fraction of sp³-hybridized carbons (Fsp3) is 0.895. The van der Waals surface area contributed by atoms with Crippen LogP contribution < -0.4 is 16.8 Å². The van der Waals surface area contributed by atoms with E-state index in [2.05, 4.69) is 22.1 Å². The van der Waals surface area contributed by atoms with Crippen molar-refractivity contribution in [3.8, 4) is 0 Å². The van der Waals surface area contributed by atoms with E-state index in [1.165, 1.54) is 32.1 Å². The summed E-state index contributed by atoms with van der Waals surface area (Å²) >= 11 is 0. The molecule has 0 spiro atoms. The summed E-state index contributed by atoms with van der Waals surface area (Å²) in [7, 11) is 0. The molecule has 0 saturated carbocycles. The fourth-order valence-corrected chi connectivity index (χ4v) is 3.27. The Hall–Kier alpha value is -1.30. The summed E-state index contributed by atoms with van der Waals surface area (Å²) in [5.41, 5.74) is 11.3. The van der Waals surface area contributed by atoms with Crippen LogP contribution in [0.1, 0.15) is 71.1 Å². The molecule has 0 aromatic rings. The Morgan fingerprint density at radius 3 is 2.40 bits per heavy atom. The van der Waals surface area contributed by atoms with Crippen molar-refractivity contribution in [2.75, 3.05) is 32.7 Å². The normalized spacial score (nSPS) is 16.9. The topological polar surface area (TPSA) is 96.7 Å². The second-order valence-corrected chi connectivity index (χ2v) is 7.19. The highest BCUT2D eigenvalue weighted by molar-refractivity contribution is 5.77. The zero-order valence-electron chi connectivity index (χ0n) is 16.1. The third-order valence-electron chi connectivity index (χ3n) is 4.99. The van der Waals surface area contributed by atoms with Gasteiger partial charge in [0.2, 0.25) is 5.91 Å². The highest BCUT2D eigenvalue weighted by atomic mass is 16.1. The molecule has 0 aromatic carbocycles. The number of likely N-dealkylation sites (tertiary alicyclic amines) is 1. The molecule has 0 aromatic heterocycles. The van der Waals surface area contributed by atoms with Crippen molar-refractivity contribution in [3.05, 3.63) is 0 Å². The molecule has 5 N–H and O–H groups in total. The number of nitrogens with zero attached hydrogens (tertiary/aromatic N) is 2. The molecule has 1 amide bonds. The minimum Gasteiger partial charge on any atom is -0.370 e. The SMILES string of the molecule is CCCCCCCCN=C(N)NCCCCN1CCC(C(N)=O)CC1. The Kier molecular flexibility index (Phi) is 12.1. The summed E-state index contributed by atoms with van der Waals surface area (Å²) in [5, 5.41) is 3.20. The van der Waals surface area contributed by atoms with Gasteiger partial charge in [-0.3, -0.25) is 9.79 Å². The van der Waals surface area contributed by atoms with Crippen molar-refractivity contribution in [1.82, 2.24) is 10.2 Å². The lowest BCUT2D eigenvalue weighted by Gasteiger charge is -2.30. The molecule has 1 aliphatic rings. The molecule has 0 radical (unpaired) electrons. The van der Waals surface area contributed by atoms with Crippen molar-refractivity contribution in [2.45, 2.75) is 71.1 Å². The van der Waals surface area contributed by atoms with E-state index in [9.17, 15) is 4.79 Å². The number of carbonyl (C=O) groups is 1. The summed E-state index contributed by atoms with van der Waals surface area (Å²) in [4.78, 5) is 18.0. The summed E-state index contributed by atoms with van der Waals surface area (Å²) in [6, 6.07) is 0. The molecule has 25 heavy (non-hydrogen) atoms. The predicted molar refractivity (Wildman–Crippen MR) is 105 cm³/mol. The Balaban J connectivity index is 1.93. The Bertz CT molecular complexity index is 378. The van der Waals surface area contributed by atoms with Gasteiger partial charge in [-0.2, -0.15) is 0 Å². The van der Waals surface area contributed by atoms with Crippen molar-refractivity contribution >= 4 is 11.9 Å². The van der Waals surface area contributed by atoms with Crippen LogP contribution in [0, 0.1) is 5.92 Å². The van der Waals surface area contributed by atoms with Crippen LogP contribution in [0.5, 0.6) is 0 Å². The first kappa shape index (κ1) is 21.7. The largest absolute Gasteiger partial charge is 0.370 e. The van der Waals surface area contributed by atoms with Crippen LogP contribution in [0.15, 0.2) is 4.99 Å². The Labute approximate surface area is 153 Å². The Morgan fingerprint density at radius 1 is 1.04 bits per heavy atom. The number of carbonyl (C=O) groups excluding carboxylic acids is 1. The van der Waals surface area contributed by atoms with E-state index >= 15 is 0 Å². The summed E-state index contributed by atoms with van der Waals surface area (Å²) < 4.78 is 0. The molecule has 6 nitrogen and oxygen atoms in total. The molecule has 1 saturated heterocycles. The predicted octanol–water partition coefficient (Wildman–Crippen LogP) is 2.23. The van der Waals surface area contributed by atoms with Gasteiger partial charge in [0.05, 0.1) is 0 Å². The van der Waals surface area contributed by atoms with Crippen LogP contribution in [0.25, 0.3) is 0 Å². The van der Waals surface area contributed by atoms with Crippen molar-refractivity contribution in [1.29, 1.82) is 0 Å². The lowest BCUT2D eigenvalue weighted by molar-refractivity contribution is -0.123. The highest BCUT2D eigenvalue weighted by Crippen LogP contribution is 2.16. The van der Waals surface area contributed by atoms with E-state index in [4.69, 9.17) is 11.5 Å². The van der Waals surface area contributed by atoms with Crippen LogP contribution in [0.3, 0.4) is 0 Å². The van der Waals surface area contributed by atoms with E-state index in [1.807, 2.05) is 0 Å². The van der Waals surface area contributed by atoms with Crippen molar-refractivity contribution in [3.63, 3.8) is 0 Å². The number of primary amides is 1. The van der Waals surface area contributed by atoms with Gasteiger partial charge in [0.15, 0.2) is 5.96 Å². The van der Waals surface area contributed by atoms with Gasteiger partial charge >= 0.3 is 0 Å². The van der Waals surface area contributed by atoms with Gasteiger partial charge in [-0.05, 0) is 51.7 Å². The zero-order chi connectivity index (χ0) is 18.3. The maximum absolute atomic E-state index is 11.1. The maximum Gasteiger partial charge on any atom is 0.220 e. The molecule has 1 rings (SSSR count). The Morgan fingerprint density at radius 2 is 1.72 bits per heavy atom. The first-order chi connectivity index (χ1) is 12.1. The molecule has 1 aliphatic heterocycles. The van der Waals surface area contributed by atoms with Gasteiger partial charge in [0, 0.05) is 19.0 Å². The van der Waals surface area contributed by atoms with Crippen LogP contribution in [-0.2, 0) is 4.79 Å². The molecule has 146 valence electrons. The van der Waals surface area contributed by atoms with Crippen LogP contribution in [0.2, 0.25) is 0 Å². The second-order valence-electron chi connectivity index (χ2n) is 7.19. The van der Waals surface area contributed by atoms with Gasteiger partial charge in [0.1, 0.15) is 0 Å².